The van der Waals surface area contributed by atoms with Crippen LogP contribution in [0.15, 0.2) is 84.7 Å². The molecule has 1 amide bonds. The number of benzene rings is 2. The third-order valence-electron chi connectivity index (χ3n) is 3.77. The van der Waals surface area contributed by atoms with Gasteiger partial charge in [-0.25, -0.2) is 4.98 Å². The summed E-state index contributed by atoms with van der Waals surface area (Å²) in [5.41, 5.74) is 2.45. The molecular weight excluding hydrogens is 338 g/mol. The summed E-state index contributed by atoms with van der Waals surface area (Å²) in [6, 6.07) is 22.6. The first-order chi connectivity index (χ1) is 13.2. The highest BCUT2D eigenvalue weighted by atomic mass is 16.5. The zero-order chi connectivity index (χ0) is 18.9. The van der Waals surface area contributed by atoms with Crippen molar-refractivity contribution in [1.82, 2.24) is 0 Å². The number of nitrogens with zero attached hydrogens (tertiary/aromatic N) is 1. The van der Waals surface area contributed by atoms with Crippen molar-refractivity contribution >= 4 is 17.7 Å². The van der Waals surface area contributed by atoms with Crippen LogP contribution in [0.3, 0.4) is 0 Å². The number of anilines is 1. The number of nitrogens with one attached hydrogen (secondary N) is 2. The second-order valence-corrected chi connectivity index (χ2v) is 5.76. The number of aromatic amines is 1. The van der Waals surface area contributed by atoms with E-state index in [1.807, 2.05) is 48.5 Å². The maximum absolute atomic E-state index is 12.2. The molecule has 3 rings (SSSR count). The molecule has 0 atom stereocenters. The van der Waals surface area contributed by atoms with Gasteiger partial charge in [0.15, 0.2) is 12.4 Å². The minimum absolute atomic E-state index is 0.0248. The monoisotopic (exact) mass is 356 g/mol. The fraction of sp³-hybridized carbons (Fsp3) is 0.0455. The van der Waals surface area contributed by atoms with Gasteiger partial charge >= 0.3 is 0 Å². The van der Waals surface area contributed by atoms with Crippen molar-refractivity contribution in [3.05, 3.63) is 95.8 Å². The number of carbonyl (C=O) groups is 1. The molecule has 27 heavy (non-hydrogen) atoms. The van der Waals surface area contributed by atoms with E-state index in [4.69, 9.17) is 4.74 Å². The van der Waals surface area contributed by atoms with Crippen LogP contribution in [-0.2, 0) is 11.4 Å². The molecule has 132 valence electrons. The van der Waals surface area contributed by atoms with Crippen molar-refractivity contribution < 1.29 is 14.5 Å². The average molecular weight is 356 g/mol. The minimum Gasteiger partial charge on any atom is -0.489 e. The average Bonchev–Trinajstić information content (AvgIpc) is 2.73. The van der Waals surface area contributed by atoms with E-state index in [2.05, 4.69) is 10.3 Å². The van der Waals surface area contributed by atoms with Gasteiger partial charge in [0.2, 0.25) is 0 Å². The Morgan fingerprint density at radius 1 is 1.07 bits per heavy atom. The molecule has 2 aromatic carbocycles. The zero-order valence-electron chi connectivity index (χ0n) is 14.6. The van der Waals surface area contributed by atoms with Crippen LogP contribution in [0.2, 0.25) is 0 Å². The van der Waals surface area contributed by atoms with Crippen LogP contribution in [0.4, 0.5) is 5.69 Å². The minimum atomic E-state index is -0.457. The molecule has 3 aromatic rings. The van der Waals surface area contributed by atoms with Crippen LogP contribution in [0, 0.1) is 11.3 Å². The van der Waals surface area contributed by atoms with E-state index in [1.165, 1.54) is 0 Å². The summed E-state index contributed by atoms with van der Waals surface area (Å²) in [5.74, 6) is 0.264. The number of pyridine rings is 1. The second kappa shape index (κ2) is 8.97. The lowest BCUT2D eigenvalue weighted by atomic mass is 10.1. The lowest BCUT2D eigenvalue weighted by molar-refractivity contribution is -0.377. The van der Waals surface area contributed by atoms with Crippen molar-refractivity contribution in [2.75, 3.05) is 5.32 Å². The molecule has 0 fully saturated rings. The number of nitriles is 1. The lowest BCUT2D eigenvalue weighted by Gasteiger charge is -2.06. The van der Waals surface area contributed by atoms with E-state index in [-0.39, 0.29) is 5.57 Å². The number of rotatable bonds is 6. The molecule has 5 heteroatoms. The normalized spacial score (nSPS) is 10.7. The molecule has 1 heterocycles. The smallest absolute Gasteiger partial charge is 0.266 e. The number of hydrogen-bond acceptors (Lipinski definition) is 3. The van der Waals surface area contributed by atoms with Crippen LogP contribution in [0.25, 0.3) is 6.08 Å². The number of aromatic nitrogens is 1. The van der Waals surface area contributed by atoms with Crippen molar-refractivity contribution in [2.45, 2.75) is 6.61 Å². The van der Waals surface area contributed by atoms with Crippen LogP contribution in [-0.4, -0.2) is 5.91 Å². The van der Waals surface area contributed by atoms with Gasteiger partial charge in [-0.3, -0.25) is 4.79 Å². The molecule has 1 aromatic heterocycles. The third kappa shape index (κ3) is 5.28. The van der Waals surface area contributed by atoms with Crippen molar-refractivity contribution in [1.29, 1.82) is 5.26 Å². The van der Waals surface area contributed by atoms with Gasteiger partial charge in [-0.2, -0.15) is 5.26 Å². The Morgan fingerprint density at radius 3 is 2.52 bits per heavy atom. The summed E-state index contributed by atoms with van der Waals surface area (Å²) in [5, 5.41) is 12.0. The van der Waals surface area contributed by atoms with E-state index >= 15 is 0 Å². The maximum atomic E-state index is 12.2. The highest BCUT2D eigenvalue weighted by Gasteiger charge is 2.10. The van der Waals surface area contributed by atoms with Gasteiger partial charge in [0.1, 0.15) is 29.7 Å². The SMILES string of the molecule is N#CC(=Cc1ccc(OCc2ccccc2)cc1)C(=O)Nc1ccc[nH+]c1. The van der Waals surface area contributed by atoms with Gasteiger partial charge in [-0.05, 0) is 35.4 Å². The van der Waals surface area contributed by atoms with E-state index < -0.39 is 5.91 Å². The molecular formula is C22H18N3O2+. The molecule has 0 unspecified atom stereocenters. The zero-order valence-corrected chi connectivity index (χ0v) is 14.6. The van der Waals surface area contributed by atoms with Gasteiger partial charge < -0.3 is 10.1 Å². The second-order valence-electron chi connectivity index (χ2n) is 5.76. The molecule has 0 bridgehead atoms. The Bertz CT molecular complexity index is 960. The first-order valence-corrected chi connectivity index (χ1v) is 8.40. The molecule has 0 spiro atoms. The van der Waals surface area contributed by atoms with E-state index in [1.54, 1.807) is 42.7 Å². The van der Waals surface area contributed by atoms with Crippen LogP contribution >= 0.6 is 0 Å². The quantitative estimate of drug-likeness (QED) is 0.541. The Kier molecular flexibility index (Phi) is 5.95. The maximum Gasteiger partial charge on any atom is 0.266 e. The fourth-order valence-electron chi connectivity index (χ4n) is 2.39. The predicted octanol–water partition coefficient (Wildman–Crippen LogP) is 3.63. The molecule has 2 N–H and O–H groups in total. The summed E-state index contributed by atoms with van der Waals surface area (Å²) >= 11 is 0. The fourth-order valence-corrected chi connectivity index (χ4v) is 2.39. The van der Waals surface area contributed by atoms with E-state index in [0.29, 0.717) is 12.3 Å². The van der Waals surface area contributed by atoms with E-state index in [0.717, 1.165) is 16.9 Å². The number of hydrogen-bond donors (Lipinski definition) is 1. The molecule has 0 radical (unpaired) electrons. The number of ether oxygens (including phenoxy) is 1. The summed E-state index contributed by atoms with van der Waals surface area (Å²) < 4.78 is 5.74. The number of amides is 1. The topological polar surface area (TPSA) is 76.3 Å². The first kappa shape index (κ1) is 17.9. The highest BCUT2D eigenvalue weighted by Crippen LogP contribution is 2.16. The van der Waals surface area contributed by atoms with Gasteiger partial charge in [0, 0.05) is 6.07 Å². The molecule has 0 aliphatic carbocycles. The van der Waals surface area contributed by atoms with Crippen molar-refractivity contribution in [3.63, 3.8) is 0 Å². The standard InChI is InChI=1S/C22H17N3O2/c23-14-19(22(26)25-20-7-4-12-24-15-20)13-17-8-10-21(11-9-17)27-16-18-5-2-1-3-6-18/h1-13,15H,16H2,(H,25,26)/p+1. The highest BCUT2D eigenvalue weighted by molar-refractivity contribution is 6.09. The van der Waals surface area contributed by atoms with Gasteiger partial charge in [0.25, 0.3) is 5.91 Å². The van der Waals surface area contributed by atoms with Gasteiger partial charge in [-0.15, -0.1) is 0 Å². The molecule has 0 aliphatic rings. The van der Waals surface area contributed by atoms with E-state index in [9.17, 15) is 10.1 Å². The first-order valence-electron chi connectivity index (χ1n) is 8.40. The number of carbonyl (C=O) groups excluding carboxylic acids is 1. The molecule has 0 aliphatic heterocycles. The molecule has 0 saturated carbocycles. The molecule has 5 nitrogen and oxygen atoms in total. The lowest BCUT2D eigenvalue weighted by Crippen LogP contribution is -2.15. The third-order valence-corrected chi connectivity index (χ3v) is 3.77. The summed E-state index contributed by atoms with van der Waals surface area (Å²) in [6.45, 7) is 0.482. The Hall–Kier alpha value is -3.91. The Morgan fingerprint density at radius 2 is 1.85 bits per heavy atom. The van der Waals surface area contributed by atoms with Crippen molar-refractivity contribution in [3.8, 4) is 11.8 Å². The summed E-state index contributed by atoms with van der Waals surface area (Å²) in [6.07, 6.45) is 4.92. The Balaban J connectivity index is 1.64. The van der Waals surface area contributed by atoms with Crippen LogP contribution in [0.1, 0.15) is 11.1 Å². The molecule has 0 saturated heterocycles. The summed E-state index contributed by atoms with van der Waals surface area (Å²) in [4.78, 5) is 15.1. The van der Waals surface area contributed by atoms with Crippen LogP contribution < -0.4 is 15.0 Å². The van der Waals surface area contributed by atoms with Crippen molar-refractivity contribution in [2.24, 2.45) is 0 Å². The van der Waals surface area contributed by atoms with Gasteiger partial charge in [-0.1, -0.05) is 42.5 Å². The Labute approximate surface area is 157 Å². The predicted molar refractivity (Wildman–Crippen MR) is 102 cm³/mol. The number of H-pyrrole nitrogens is 1. The van der Waals surface area contributed by atoms with Crippen LogP contribution in [0.5, 0.6) is 5.75 Å². The largest absolute Gasteiger partial charge is 0.489 e. The van der Waals surface area contributed by atoms with Gasteiger partial charge in [0.05, 0.1) is 0 Å². The summed E-state index contributed by atoms with van der Waals surface area (Å²) in [7, 11) is 0.